The number of nitrogens with one attached hydrogen (secondary N) is 1. The van der Waals surface area contributed by atoms with E-state index in [0.717, 1.165) is 49.2 Å². The number of carbonyl (C=O) groups excluding carboxylic acids is 1. The number of hydrogen-bond acceptors (Lipinski definition) is 2. The van der Waals surface area contributed by atoms with Crippen molar-refractivity contribution >= 4 is 23.3 Å². The van der Waals surface area contributed by atoms with Crippen molar-refractivity contribution in [2.45, 2.75) is 31.7 Å². The molecule has 1 saturated heterocycles. The van der Waals surface area contributed by atoms with Gasteiger partial charge in [0.05, 0.1) is 13.2 Å². The van der Waals surface area contributed by atoms with Crippen molar-refractivity contribution in [1.82, 2.24) is 4.90 Å². The van der Waals surface area contributed by atoms with Gasteiger partial charge in [-0.3, -0.25) is 0 Å². The molecule has 2 aromatic carbocycles. The number of anilines is 1. The number of likely N-dealkylation sites (tertiary alicyclic amines) is 1. The second-order valence-corrected chi connectivity index (χ2v) is 6.71. The van der Waals surface area contributed by atoms with Crippen molar-refractivity contribution in [3.05, 3.63) is 59.1 Å². The molecule has 1 aliphatic heterocycles. The molecule has 5 heteroatoms. The molecule has 0 aliphatic carbocycles. The normalized spacial score (nSPS) is 17.7. The molecule has 1 atom stereocenters. The summed E-state index contributed by atoms with van der Waals surface area (Å²) in [6, 6.07) is 15.2. The zero-order chi connectivity index (χ0) is 17.6. The molecule has 1 aliphatic rings. The maximum atomic E-state index is 12.9. The summed E-state index contributed by atoms with van der Waals surface area (Å²) in [6.07, 6.45) is 4.28. The highest BCUT2D eigenvalue weighted by atomic mass is 35.5. The summed E-state index contributed by atoms with van der Waals surface area (Å²) < 4.78 is 5.24. The third kappa shape index (κ3) is 4.45. The van der Waals surface area contributed by atoms with Gasteiger partial charge in [0.15, 0.2) is 0 Å². The van der Waals surface area contributed by atoms with E-state index < -0.39 is 0 Å². The standard InChI is InChI=1S/C20H23ClN2O2/c1-25-18-12-6-15(7-13-18)19-5-3-2-4-14-23(19)20(24)22-17-10-8-16(21)9-11-17/h6-13,19H,2-5,14H2,1H3,(H,22,24). The first kappa shape index (κ1) is 17.6. The van der Waals surface area contributed by atoms with Gasteiger partial charge in [-0.15, -0.1) is 0 Å². The number of methoxy groups -OCH3 is 1. The summed E-state index contributed by atoms with van der Waals surface area (Å²) in [5.74, 6) is 0.828. The van der Waals surface area contributed by atoms with E-state index >= 15 is 0 Å². The average molecular weight is 359 g/mol. The molecular formula is C20H23ClN2O2. The Morgan fingerprint density at radius 3 is 2.48 bits per heavy atom. The molecule has 25 heavy (non-hydrogen) atoms. The van der Waals surface area contributed by atoms with E-state index in [0.29, 0.717) is 5.02 Å². The second-order valence-electron chi connectivity index (χ2n) is 6.27. The monoisotopic (exact) mass is 358 g/mol. The fraction of sp³-hybridized carbons (Fsp3) is 0.350. The molecule has 0 aromatic heterocycles. The van der Waals surface area contributed by atoms with Crippen LogP contribution < -0.4 is 10.1 Å². The fourth-order valence-corrected chi connectivity index (χ4v) is 3.38. The minimum Gasteiger partial charge on any atom is -0.497 e. The van der Waals surface area contributed by atoms with Crippen molar-refractivity contribution in [1.29, 1.82) is 0 Å². The molecule has 0 spiro atoms. The van der Waals surface area contributed by atoms with E-state index in [2.05, 4.69) is 17.4 Å². The predicted molar refractivity (Wildman–Crippen MR) is 101 cm³/mol. The SMILES string of the molecule is COc1ccc(C2CCCCCN2C(=O)Nc2ccc(Cl)cc2)cc1. The zero-order valence-corrected chi connectivity index (χ0v) is 15.1. The van der Waals surface area contributed by atoms with E-state index in [1.807, 2.05) is 29.2 Å². The molecule has 1 N–H and O–H groups in total. The Kier molecular flexibility index (Phi) is 5.82. The first-order chi connectivity index (χ1) is 12.2. The van der Waals surface area contributed by atoms with Gasteiger partial charge in [0.25, 0.3) is 0 Å². The number of benzene rings is 2. The molecule has 4 nitrogen and oxygen atoms in total. The summed E-state index contributed by atoms with van der Waals surface area (Å²) in [6.45, 7) is 0.760. The average Bonchev–Trinajstić information content (AvgIpc) is 2.90. The summed E-state index contributed by atoms with van der Waals surface area (Å²) >= 11 is 5.91. The lowest BCUT2D eigenvalue weighted by molar-refractivity contribution is 0.189. The van der Waals surface area contributed by atoms with Crippen LogP contribution in [-0.4, -0.2) is 24.6 Å². The lowest BCUT2D eigenvalue weighted by Gasteiger charge is -2.30. The quantitative estimate of drug-likeness (QED) is 0.787. The summed E-state index contributed by atoms with van der Waals surface area (Å²) in [4.78, 5) is 14.8. The van der Waals surface area contributed by atoms with E-state index in [1.165, 1.54) is 0 Å². The van der Waals surface area contributed by atoms with Crippen LogP contribution in [0.25, 0.3) is 0 Å². The molecule has 2 aromatic rings. The molecule has 1 fully saturated rings. The highest BCUT2D eigenvalue weighted by molar-refractivity contribution is 6.30. The van der Waals surface area contributed by atoms with Crippen molar-refractivity contribution in [3.8, 4) is 5.75 Å². The zero-order valence-electron chi connectivity index (χ0n) is 14.4. The van der Waals surface area contributed by atoms with Gasteiger partial charge in [-0.2, -0.15) is 0 Å². The third-order valence-corrected chi connectivity index (χ3v) is 4.86. The van der Waals surface area contributed by atoms with E-state index in [4.69, 9.17) is 16.3 Å². The minimum atomic E-state index is -0.0648. The Balaban J connectivity index is 1.79. The van der Waals surface area contributed by atoms with E-state index in [1.54, 1.807) is 19.2 Å². The van der Waals surface area contributed by atoms with Crippen LogP contribution in [-0.2, 0) is 0 Å². The molecule has 3 rings (SSSR count). The number of rotatable bonds is 3. The lowest BCUT2D eigenvalue weighted by Crippen LogP contribution is -2.38. The van der Waals surface area contributed by atoms with Crippen LogP contribution in [0.3, 0.4) is 0 Å². The van der Waals surface area contributed by atoms with E-state index in [9.17, 15) is 4.79 Å². The molecule has 0 bridgehead atoms. The Labute approximate surface area is 153 Å². The first-order valence-corrected chi connectivity index (χ1v) is 9.02. The van der Waals surface area contributed by atoms with Gasteiger partial charge >= 0.3 is 6.03 Å². The van der Waals surface area contributed by atoms with Crippen LogP contribution in [0.4, 0.5) is 10.5 Å². The third-order valence-electron chi connectivity index (χ3n) is 4.61. The number of nitrogens with zero attached hydrogens (tertiary/aromatic N) is 1. The van der Waals surface area contributed by atoms with Crippen molar-refractivity contribution in [2.24, 2.45) is 0 Å². The van der Waals surface area contributed by atoms with Crippen LogP contribution in [0.15, 0.2) is 48.5 Å². The highest BCUT2D eigenvalue weighted by Crippen LogP contribution is 2.31. The lowest BCUT2D eigenvalue weighted by atomic mass is 10.0. The van der Waals surface area contributed by atoms with Gasteiger partial charge in [-0.1, -0.05) is 36.6 Å². The number of halogens is 1. The molecule has 132 valence electrons. The Morgan fingerprint density at radius 1 is 1.08 bits per heavy atom. The first-order valence-electron chi connectivity index (χ1n) is 8.64. The Bertz CT molecular complexity index is 701. The maximum Gasteiger partial charge on any atom is 0.322 e. The molecule has 1 unspecified atom stereocenters. The van der Waals surface area contributed by atoms with Gasteiger partial charge in [-0.25, -0.2) is 4.79 Å². The number of amides is 2. The summed E-state index contributed by atoms with van der Waals surface area (Å²) in [5, 5.41) is 3.65. The molecule has 0 saturated carbocycles. The van der Waals surface area contributed by atoms with Crippen LogP contribution >= 0.6 is 11.6 Å². The molecule has 0 radical (unpaired) electrons. The number of carbonyl (C=O) groups is 1. The van der Waals surface area contributed by atoms with Crippen molar-refractivity contribution < 1.29 is 9.53 Å². The van der Waals surface area contributed by atoms with Gasteiger partial charge in [0, 0.05) is 17.3 Å². The van der Waals surface area contributed by atoms with Gasteiger partial charge in [0.1, 0.15) is 5.75 Å². The van der Waals surface area contributed by atoms with Gasteiger partial charge in [0.2, 0.25) is 0 Å². The number of ether oxygens (including phenoxy) is 1. The summed E-state index contributed by atoms with van der Waals surface area (Å²) in [7, 11) is 1.66. The van der Waals surface area contributed by atoms with Crippen LogP contribution in [0.2, 0.25) is 5.02 Å². The summed E-state index contributed by atoms with van der Waals surface area (Å²) in [5.41, 5.74) is 1.90. The Morgan fingerprint density at radius 2 is 1.80 bits per heavy atom. The van der Waals surface area contributed by atoms with Gasteiger partial charge < -0.3 is 15.0 Å². The van der Waals surface area contributed by atoms with Crippen LogP contribution in [0.1, 0.15) is 37.3 Å². The molecule has 1 heterocycles. The number of urea groups is 1. The topological polar surface area (TPSA) is 41.6 Å². The number of hydrogen-bond donors (Lipinski definition) is 1. The largest absolute Gasteiger partial charge is 0.497 e. The molecular weight excluding hydrogens is 336 g/mol. The van der Waals surface area contributed by atoms with Gasteiger partial charge in [-0.05, 0) is 54.8 Å². The second kappa shape index (κ2) is 8.26. The minimum absolute atomic E-state index is 0.0648. The fourth-order valence-electron chi connectivity index (χ4n) is 3.25. The van der Waals surface area contributed by atoms with Crippen molar-refractivity contribution in [2.75, 3.05) is 19.0 Å². The smallest absolute Gasteiger partial charge is 0.322 e. The Hall–Kier alpha value is -2.20. The van der Waals surface area contributed by atoms with E-state index in [-0.39, 0.29) is 12.1 Å². The predicted octanol–water partition coefficient (Wildman–Crippen LogP) is 5.50. The molecule has 2 amide bonds. The highest BCUT2D eigenvalue weighted by Gasteiger charge is 2.26. The van der Waals surface area contributed by atoms with Crippen LogP contribution in [0.5, 0.6) is 5.75 Å². The maximum absolute atomic E-state index is 12.9. The van der Waals surface area contributed by atoms with Crippen molar-refractivity contribution in [3.63, 3.8) is 0 Å². The van der Waals surface area contributed by atoms with Crippen LogP contribution in [0, 0.1) is 0 Å².